The SMILES string of the molecule is COc1ccc(C(=O)NC(C(=O)N2C3CCNCC2CC3)C(C)C)cc1.Cl. The molecule has 0 radical (unpaired) electrons. The summed E-state index contributed by atoms with van der Waals surface area (Å²) in [5, 5.41) is 6.38. The molecular formula is C20H30ClN3O3. The lowest BCUT2D eigenvalue weighted by Crippen LogP contribution is -2.55. The van der Waals surface area contributed by atoms with Crippen LogP contribution < -0.4 is 15.4 Å². The smallest absolute Gasteiger partial charge is 0.251 e. The number of amides is 2. The number of nitrogens with one attached hydrogen (secondary N) is 2. The van der Waals surface area contributed by atoms with E-state index in [0.717, 1.165) is 32.4 Å². The minimum Gasteiger partial charge on any atom is -0.497 e. The number of ether oxygens (including phenoxy) is 1. The van der Waals surface area contributed by atoms with E-state index in [1.165, 1.54) is 0 Å². The third-order valence-corrected chi connectivity index (χ3v) is 5.48. The van der Waals surface area contributed by atoms with Crippen molar-refractivity contribution in [3.63, 3.8) is 0 Å². The van der Waals surface area contributed by atoms with Gasteiger partial charge < -0.3 is 20.3 Å². The average molecular weight is 396 g/mol. The summed E-state index contributed by atoms with van der Waals surface area (Å²) in [6, 6.07) is 6.97. The first-order valence-electron chi connectivity index (χ1n) is 9.49. The van der Waals surface area contributed by atoms with Crippen molar-refractivity contribution in [2.45, 2.75) is 51.2 Å². The molecule has 3 atom stereocenters. The summed E-state index contributed by atoms with van der Waals surface area (Å²) in [6.07, 6.45) is 3.09. The molecule has 3 unspecified atom stereocenters. The van der Waals surface area contributed by atoms with Gasteiger partial charge in [0.1, 0.15) is 11.8 Å². The minimum absolute atomic E-state index is 0. The molecule has 2 N–H and O–H groups in total. The highest BCUT2D eigenvalue weighted by Gasteiger charge is 2.41. The highest BCUT2D eigenvalue weighted by Crippen LogP contribution is 2.29. The van der Waals surface area contributed by atoms with E-state index in [0.29, 0.717) is 17.4 Å². The van der Waals surface area contributed by atoms with Crippen molar-refractivity contribution in [2.24, 2.45) is 5.92 Å². The summed E-state index contributed by atoms with van der Waals surface area (Å²) in [6.45, 7) is 5.76. The van der Waals surface area contributed by atoms with Crippen LogP contribution in [0.15, 0.2) is 24.3 Å². The van der Waals surface area contributed by atoms with Crippen molar-refractivity contribution in [1.29, 1.82) is 0 Å². The molecule has 6 nitrogen and oxygen atoms in total. The first-order valence-corrected chi connectivity index (χ1v) is 9.49. The van der Waals surface area contributed by atoms with Crippen molar-refractivity contribution in [1.82, 2.24) is 15.5 Å². The molecule has 0 saturated carbocycles. The van der Waals surface area contributed by atoms with Gasteiger partial charge in [0.15, 0.2) is 0 Å². The number of hydrogen-bond donors (Lipinski definition) is 2. The van der Waals surface area contributed by atoms with E-state index in [1.807, 2.05) is 18.7 Å². The molecule has 0 aromatic heterocycles. The fraction of sp³-hybridized carbons (Fsp3) is 0.600. The molecule has 1 aromatic rings. The summed E-state index contributed by atoms with van der Waals surface area (Å²) in [5.74, 6) is 0.560. The molecule has 1 aromatic carbocycles. The average Bonchev–Trinajstić information content (AvgIpc) is 2.91. The predicted molar refractivity (Wildman–Crippen MR) is 107 cm³/mol. The van der Waals surface area contributed by atoms with Crippen molar-refractivity contribution in [2.75, 3.05) is 20.2 Å². The van der Waals surface area contributed by atoms with E-state index in [9.17, 15) is 9.59 Å². The van der Waals surface area contributed by atoms with E-state index in [-0.39, 0.29) is 36.2 Å². The van der Waals surface area contributed by atoms with E-state index in [1.54, 1.807) is 31.4 Å². The lowest BCUT2D eigenvalue weighted by molar-refractivity contribution is -0.137. The Bertz CT molecular complexity index is 636. The van der Waals surface area contributed by atoms with Gasteiger partial charge in [-0.15, -0.1) is 12.4 Å². The number of carbonyl (C=O) groups is 2. The number of methoxy groups -OCH3 is 1. The van der Waals surface area contributed by atoms with E-state index < -0.39 is 6.04 Å². The van der Waals surface area contributed by atoms with Crippen LogP contribution in [0.5, 0.6) is 5.75 Å². The molecule has 150 valence electrons. The molecular weight excluding hydrogens is 366 g/mol. The normalized spacial score (nSPS) is 22.6. The van der Waals surface area contributed by atoms with Gasteiger partial charge in [0, 0.05) is 24.2 Å². The molecule has 2 heterocycles. The van der Waals surface area contributed by atoms with Gasteiger partial charge in [-0.3, -0.25) is 9.59 Å². The zero-order valence-corrected chi connectivity index (χ0v) is 17.1. The Morgan fingerprint density at radius 2 is 1.81 bits per heavy atom. The third kappa shape index (κ3) is 4.74. The molecule has 2 fully saturated rings. The monoisotopic (exact) mass is 395 g/mol. The molecule has 3 rings (SSSR count). The van der Waals surface area contributed by atoms with Gasteiger partial charge in [0.25, 0.3) is 5.91 Å². The molecule has 0 spiro atoms. The van der Waals surface area contributed by atoms with Gasteiger partial charge in [0.2, 0.25) is 5.91 Å². The van der Waals surface area contributed by atoms with Crippen molar-refractivity contribution < 1.29 is 14.3 Å². The summed E-state index contributed by atoms with van der Waals surface area (Å²) < 4.78 is 5.13. The first-order chi connectivity index (χ1) is 12.5. The van der Waals surface area contributed by atoms with Crippen LogP contribution in [0.4, 0.5) is 0 Å². The number of fused-ring (bicyclic) bond motifs is 2. The second-order valence-electron chi connectivity index (χ2n) is 7.55. The molecule has 2 amide bonds. The lowest BCUT2D eigenvalue weighted by Gasteiger charge is -2.33. The fourth-order valence-electron chi connectivity index (χ4n) is 3.98. The third-order valence-electron chi connectivity index (χ3n) is 5.48. The van der Waals surface area contributed by atoms with E-state index in [2.05, 4.69) is 10.6 Å². The van der Waals surface area contributed by atoms with Gasteiger partial charge in [-0.2, -0.15) is 0 Å². The van der Waals surface area contributed by atoms with Crippen molar-refractivity contribution in [3.05, 3.63) is 29.8 Å². The molecule has 2 bridgehead atoms. The highest BCUT2D eigenvalue weighted by atomic mass is 35.5. The summed E-state index contributed by atoms with van der Waals surface area (Å²) >= 11 is 0. The maximum atomic E-state index is 13.3. The topological polar surface area (TPSA) is 70.7 Å². The Kier molecular flexibility index (Phi) is 7.50. The van der Waals surface area contributed by atoms with Gasteiger partial charge in [-0.25, -0.2) is 0 Å². The van der Waals surface area contributed by atoms with Crippen molar-refractivity contribution >= 4 is 24.2 Å². The van der Waals surface area contributed by atoms with Gasteiger partial charge in [0.05, 0.1) is 7.11 Å². The number of nitrogens with zero attached hydrogens (tertiary/aromatic N) is 1. The number of rotatable bonds is 5. The molecule has 7 heteroatoms. The number of benzene rings is 1. The molecule has 27 heavy (non-hydrogen) atoms. The zero-order valence-electron chi connectivity index (χ0n) is 16.2. The summed E-state index contributed by atoms with van der Waals surface area (Å²) in [4.78, 5) is 28.0. The van der Waals surface area contributed by atoms with Gasteiger partial charge >= 0.3 is 0 Å². The van der Waals surface area contributed by atoms with Crippen LogP contribution in [0.2, 0.25) is 0 Å². The van der Waals surface area contributed by atoms with Crippen LogP contribution in [-0.2, 0) is 4.79 Å². The Morgan fingerprint density at radius 3 is 2.44 bits per heavy atom. The van der Waals surface area contributed by atoms with Crippen LogP contribution in [-0.4, -0.2) is 55.0 Å². The Morgan fingerprint density at radius 1 is 1.15 bits per heavy atom. The van der Waals surface area contributed by atoms with E-state index >= 15 is 0 Å². The van der Waals surface area contributed by atoms with Crippen molar-refractivity contribution in [3.8, 4) is 5.75 Å². The number of hydrogen-bond acceptors (Lipinski definition) is 4. The second kappa shape index (κ2) is 9.42. The molecule has 2 aliphatic heterocycles. The van der Waals surface area contributed by atoms with Crippen LogP contribution >= 0.6 is 12.4 Å². The van der Waals surface area contributed by atoms with Crippen LogP contribution in [0.3, 0.4) is 0 Å². The molecule has 2 saturated heterocycles. The lowest BCUT2D eigenvalue weighted by atomic mass is 10.0. The fourth-order valence-corrected chi connectivity index (χ4v) is 3.98. The molecule has 0 aliphatic carbocycles. The van der Waals surface area contributed by atoms with E-state index in [4.69, 9.17) is 4.74 Å². The maximum Gasteiger partial charge on any atom is 0.251 e. The highest BCUT2D eigenvalue weighted by molar-refractivity contribution is 5.97. The zero-order chi connectivity index (χ0) is 18.7. The quantitative estimate of drug-likeness (QED) is 0.802. The van der Waals surface area contributed by atoms with Crippen LogP contribution in [0, 0.1) is 5.92 Å². The summed E-state index contributed by atoms with van der Waals surface area (Å²) in [5.41, 5.74) is 0.532. The van der Waals surface area contributed by atoms with Gasteiger partial charge in [-0.05, 0) is 56.0 Å². The standard InChI is InChI=1S/C20H29N3O3.ClH/c1-13(2)18(22-19(24)14-4-8-17(26-3)9-5-14)20(25)23-15-6-7-16(23)12-21-11-10-15;/h4-5,8-9,13,15-16,18,21H,6-7,10-12H2,1-3H3,(H,22,24);1H. The number of halogens is 1. The molecule has 2 aliphatic rings. The Balaban J connectivity index is 0.00000261. The first kappa shape index (κ1) is 21.5. The maximum absolute atomic E-state index is 13.3. The Labute approximate surface area is 167 Å². The van der Waals surface area contributed by atoms with Crippen LogP contribution in [0.1, 0.15) is 43.5 Å². The minimum atomic E-state index is -0.509. The van der Waals surface area contributed by atoms with Gasteiger partial charge in [-0.1, -0.05) is 13.8 Å². The number of carbonyl (C=O) groups excluding carboxylic acids is 2. The predicted octanol–water partition coefficient (Wildman–Crippen LogP) is 2.22. The largest absolute Gasteiger partial charge is 0.497 e. The Hall–Kier alpha value is -1.79. The second-order valence-corrected chi connectivity index (χ2v) is 7.55. The van der Waals surface area contributed by atoms with Crippen LogP contribution in [0.25, 0.3) is 0 Å². The summed E-state index contributed by atoms with van der Waals surface area (Å²) in [7, 11) is 1.59.